The quantitative estimate of drug-likeness (QED) is 0.701. The summed E-state index contributed by atoms with van der Waals surface area (Å²) in [6, 6.07) is 0. The van der Waals surface area contributed by atoms with Crippen LogP contribution in [0.3, 0.4) is 0 Å². The van der Waals surface area contributed by atoms with Gasteiger partial charge in [0.15, 0.2) is 5.16 Å². The predicted molar refractivity (Wildman–Crippen MR) is 58.4 cm³/mol. The number of hydrogen-bond donors (Lipinski definition) is 0. The number of aryl methyl sites for hydroxylation is 1. The summed E-state index contributed by atoms with van der Waals surface area (Å²) in [5.41, 5.74) is 0. The van der Waals surface area contributed by atoms with Crippen LogP contribution in [0.25, 0.3) is 0 Å². The number of carbonyl (C=O) groups excluding carboxylic acids is 1. The van der Waals surface area contributed by atoms with Crippen molar-refractivity contribution in [1.29, 1.82) is 0 Å². The number of carbonyl (C=O) groups is 1. The summed E-state index contributed by atoms with van der Waals surface area (Å²) >= 11 is 1.51. The minimum absolute atomic E-state index is 0.169. The van der Waals surface area contributed by atoms with Gasteiger partial charge in [-0.1, -0.05) is 25.6 Å². The molecule has 3 nitrogen and oxygen atoms in total. The van der Waals surface area contributed by atoms with Crippen molar-refractivity contribution < 1.29 is 4.79 Å². The number of Topliss-reactive ketones (excluding diaryl/α,β-unsaturated/α-hetero) is 1. The van der Waals surface area contributed by atoms with Crippen LogP contribution < -0.4 is 0 Å². The Labute approximate surface area is 88.9 Å². The van der Waals surface area contributed by atoms with E-state index in [-0.39, 0.29) is 5.92 Å². The highest BCUT2D eigenvalue weighted by molar-refractivity contribution is 7.99. The maximum absolute atomic E-state index is 11.5. The molecule has 0 aliphatic carbocycles. The van der Waals surface area contributed by atoms with E-state index in [0.29, 0.717) is 11.5 Å². The van der Waals surface area contributed by atoms with Crippen LogP contribution in [-0.2, 0) is 11.8 Å². The van der Waals surface area contributed by atoms with Gasteiger partial charge in [0.1, 0.15) is 5.78 Å². The zero-order chi connectivity index (χ0) is 10.6. The summed E-state index contributed by atoms with van der Waals surface area (Å²) in [5, 5.41) is 0.904. The Morgan fingerprint density at radius 1 is 1.71 bits per heavy atom. The van der Waals surface area contributed by atoms with Crippen molar-refractivity contribution >= 4 is 17.5 Å². The summed E-state index contributed by atoms with van der Waals surface area (Å²) in [5.74, 6) is 1.00. The summed E-state index contributed by atoms with van der Waals surface area (Å²) in [6.07, 6.45) is 4.55. The van der Waals surface area contributed by atoms with Crippen LogP contribution in [0, 0.1) is 5.92 Å². The van der Waals surface area contributed by atoms with Gasteiger partial charge in [-0.05, 0) is 6.42 Å². The average Bonchev–Trinajstić information content (AvgIpc) is 2.59. The number of aromatic nitrogens is 2. The molecule has 0 saturated heterocycles. The normalized spacial score (nSPS) is 12.8. The first-order chi connectivity index (χ1) is 6.65. The first-order valence-electron chi connectivity index (χ1n) is 4.78. The Balaban J connectivity index is 2.41. The molecule has 1 rings (SSSR count). The lowest BCUT2D eigenvalue weighted by atomic mass is 10.1. The van der Waals surface area contributed by atoms with E-state index in [1.54, 1.807) is 6.20 Å². The Morgan fingerprint density at radius 2 is 2.43 bits per heavy atom. The van der Waals surface area contributed by atoms with Gasteiger partial charge in [-0.2, -0.15) is 0 Å². The minimum atomic E-state index is 0.169. The Hall–Kier alpha value is -0.770. The number of rotatable bonds is 5. The third-order valence-corrected chi connectivity index (χ3v) is 3.36. The lowest BCUT2D eigenvalue weighted by Gasteiger charge is -2.06. The first-order valence-corrected chi connectivity index (χ1v) is 5.76. The molecule has 0 N–H and O–H groups in total. The minimum Gasteiger partial charge on any atom is -0.329 e. The molecule has 0 aliphatic rings. The van der Waals surface area contributed by atoms with Gasteiger partial charge in [0.05, 0.1) is 5.75 Å². The summed E-state index contributed by atoms with van der Waals surface area (Å²) < 4.78 is 1.93. The van der Waals surface area contributed by atoms with Crippen molar-refractivity contribution in [2.24, 2.45) is 13.0 Å². The van der Waals surface area contributed by atoms with E-state index >= 15 is 0 Å². The molecule has 0 radical (unpaired) electrons. The van der Waals surface area contributed by atoms with Crippen molar-refractivity contribution in [2.75, 3.05) is 5.75 Å². The first kappa shape index (κ1) is 11.3. The highest BCUT2D eigenvalue weighted by Gasteiger charge is 2.11. The second kappa shape index (κ2) is 5.20. The predicted octanol–water partition coefficient (Wildman–Crippen LogP) is 2.13. The molecule has 1 heterocycles. The van der Waals surface area contributed by atoms with E-state index < -0.39 is 0 Å². The third kappa shape index (κ3) is 2.87. The van der Waals surface area contributed by atoms with Crippen molar-refractivity contribution in [3.8, 4) is 0 Å². The maximum atomic E-state index is 11.5. The molecule has 0 amide bonds. The molecule has 4 heteroatoms. The van der Waals surface area contributed by atoms with Gasteiger partial charge in [0, 0.05) is 25.4 Å². The van der Waals surface area contributed by atoms with E-state index in [1.165, 1.54) is 11.8 Å². The van der Waals surface area contributed by atoms with E-state index in [4.69, 9.17) is 0 Å². The highest BCUT2D eigenvalue weighted by atomic mass is 32.2. The molecule has 1 aromatic heterocycles. The van der Waals surface area contributed by atoms with Gasteiger partial charge in [0.2, 0.25) is 0 Å². The zero-order valence-corrected chi connectivity index (χ0v) is 9.67. The topological polar surface area (TPSA) is 34.9 Å². The van der Waals surface area contributed by atoms with Gasteiger partial charge in [-0.15, -0.1) is 0 Å². The fraction of sp³-hybridized carbons (Fsp3) is 0.600. The molecular formula is C10H16N2OS. The molecule has 14 heavy (non-hydrogen) atoms. The standard InChI is InChI=1S/C10H16N2OS/c1-4-8(2)9(13)7-14-10-11-5-6-12(10)3/h5-6,8H,4,7H2,1-3H3. The van der Waals surface area contributed by atoms with Crippen LogP contribution in [0.5, 0.6) is 0 Å². The molecular weight excluding hydrogens is 196 g/mol. The zero-order valence-electron chi connectivity index (χ0n) is 8.86. The van der Waals surface area contributed by atoms with Crippen molar-refractivity contribution in [3.63, 3.8) is 0 Å². The van der Waals surface area contributed by atoms with Crippen molar-refractivity contribution in [2.45, 2.75) is 25.4 Å². The van der Waals surface area contributed by atoms with Crippen molar-refractivity contribution in [3.05, 3.63) is 12.4 Å². The monoisotopic (exact) mass is 212 g/mol. The van der Waals surface area contributed by atoms with Gasteiger partial charge in [-0.25, -0.2) is 4.98 Å². The Morgan fingerprint density at radius 3 is 2.93 bits per heavy atom. The fourth-order valence-electron chi connectivity index (χ4n) is 0.997. The van der Waals surface area contributed by atoms with Crippen LogP contribution in [0.2, 0.25) is 0 Å². The van der Waals surface area contributed by atoms with Gasteiger partial charge in [0.25, 0.3) is 0 Å². The van der Waals surface area contributed by atoms with E-state index in [9.17, 15) is 4.79 Å². The van der Waals surface area contributed by atoms with Gasteiger partial charge >= 0.3 is 0 Å². The molecule has 78 valence electrons. The van der Waals surface area contributed by atoms with Gasteiger partial charge < -0.3 is 4.57 Å². The summed E-state index contributed by atoms with van der Waals surface area (Å²) in [4.78, 5) is 15.7. The van der Waals surface area contributed by atoms with Crippen LogP contribution in [-0.4, -0.2) is 21.1 Å². The summed E-state index contributed by atoms with van der Waals surface area (Å²) in [6.45, 7) is 4.01. The number of ketones is 1. The molecule has 0 aliphatic heterocycles. The molecule has 1 atom stereocenters. The molecule has 0 bridgehead atoms. The molecule has 0 fully saturated rings. The number of thioether (sulfide) groups is 1. The number of hydrogen-bond acceptors (Lipinski definition) is 3. The molecule has 0 saturated carbocycles. The van der Waals surface area contributed by atoms with Crippen LogP contribution >= 0.6 is 11.8 Å². The molecule has 1 aromatic rings. The maximum Gasteiger partial charge on any atom is 0.168 e. The van der Waals surface area contributed by atoms with Crippen molar-refractivity contribution in [1.82, 2.24) is 9.55 Å². The highest BCUT2D eigenvalue weighted by Crippen LogP contribution is 2.16. The largest absolute Gasteiger partial charge is 0.329 e. The number of imidazole rings is 1. The molecule has 0 spiro atoms. The Bertz CT molecular complexity index is 309. The van der Waals surface area contributed by atoms with Crippen LogP contribution in [0.4, 0.5) is 0 Å². The second-order valence-electron chi connectivity index (χ2n) is 3.39. The van der Waals surface area contributed by atoms with Crippen LogP contribution in [0.1, 0.15) is 20.3 Å². The Kier molecular flexibility index (Phi) is 4.20. The summed E-state index contributed by atoms with van der Waals surface area (Å²) in [7, 11) is 1.93. The fourth-order valence-corrected chi connectivity index (χ4v) is 1.95. The number of nitrogens with zero attached hydrogens (tertiary/aromatic N) is 2. The van der Waals surface area contributed by atoms with E-state index in [2.05, 4.69) is 4.98 Å². The lowest BCUT2D eigenvalue weighted by molar-refractivity contribution is -0.119. The molecule has 0 aromatic carbocycles. The van der Waals surface area contributed by atoms with Crippen LogP contribution in [0.15, 0.2) is 17.6 Å². The third-order valence-electron chi connectivity index (χ3n) is 2.28. The van der Waals surface area contributed by atoms with E-state index in [1.807, 2.05) is 31.7 Å². The SMILES string of the molecule is CCC(C)C(=O)CSc1nccn1C. The lowest BCUT2D eigenvalue weighted by Crippen LogP contribution is -2.12. The second-order valence-corrected chi connectivity index (χ2v) is 4.33. The average molecular weight is 212 g/mol. The van der Waals surface area contributed by atoms with E-state index in [0.717, 1.165) is 11.6 Å². The smallest absolute Gasteiger partial charge is 0.168 e. The molecule has 1 unspecified atom stereocenters. The van der Waals surface area contributed by atoms with Gasteiger partial charge in [-0.3, -0.25) is 4.79 Å².